The molecular weight excluding hydrogens is 273 g/mol. The van der Waals surface area contributed by atoms with E-state index in [1.807, 2.05) is 20.8 Å². The summed E-state index contributed by atoms with van der Waals surface area (Å²) in [5, 5.41) is 12.3. The first kappa shape index (κ1) is 17.4. The molecule has 0 amide bonds. The van der Waals surface area contributed by atoms with Gasteiger partial charge in [-0.05, 0) is 32.4 Å². The molecule has 0 aliphatic carbocycles. The van der Waals surface area contributed by atoms with Gasteiger partial charge in [0.05, 0.1) is 0 Å². The fourth-order valence-electron chi connectivity index (χ4n) is 2.06. The van der Waals surface area contributed by atoms with Crippen molar-refractivity contribution in [2.45, 2.75) is 52.2 Å². The second kappa shape index (κ2) is 8.62. The summed E-state index contributed by atoms with van der Waals surface area (Å²) < 4.78 is 19.5. The summed E-state index contributed by atoms with van der Waals surface area (Å²) in [5.41, 5.74) is 0.554. The maximum absolute atomic E-state index is 14.1. The third kappa shape index (κ3) is 5.34. The smallest absolute Gasteiger partial charge is 0.344 e. The Kier molecular flexibility index (Phi) is 7.15. The lowest BCUT2D eigenvalue weighted by molar-refractivity contribution is -0.145. The highest BCUT2D eigenvalue weighted by molar-refractivity contribution is 5.72. The second-order valence-electron chi connectivity index (χ2n) is 5.09. The highest BCUT2D eigenvalue weighted by atomic mass is 19.1. The molecular formula is C16H24FNO3. The lowest BCUT2D eigenvalue weighted by Crippen LogP contribution is -2.26. The molecule has 1 aromatic rings. The zero-order valence-electron chi connectivity index (χ0n) is 12.9. The monoisotopic (exact) mass is 297 g/mol. The first-order valence-electron chi connectivity index (χ1n) is 7.41. The Labute approximate surface area is 125 Å². The molecule has 1 rings (SSSR count). The molecule has 5 heteroatoms. The van der Waals surface area contributed by atoms with Crippen LogP contribution >= 0.6 is 0 Å². The number of hydrogen-bond donors (Lipinski definition) is 2. The fourth-order valence-corrected chi connectivity index (χ4v) is 2.06. The minimum atomic E-state index is -1.03. The third-order valence-corrected chi connectivity index (χ3v) is 3.24. The number of ether oxygens (including phenoxy) is 1. The highest BCUT2D eigenvalue weighted by Crippen LogP contribution is 2.23. The van der Waals surface area contributed by atoms with Crippen molar-refractivity contribution in [2.75, 3.05) is 6.54 Å². The maximum Gasteiger partial charge on any atom is 0.344 e. The number of aliphatic carboxylic acids is 1. The van der Waals surface area contributed by atoms with Gasteiger partial charge in [0, 0.05) is 17.7 Å². The van der Waals surface area contributed by atoms with Crippen molar-refractivity contribution in [2.24, 2.45) is 0 Å². The van der Waals surface area contributed by atoms with Crippen LogP contribution in [0.3, 0.4) is 0 Å². The lowest BCUT2D eigenvalue weighted by Gasteiger charge is -2.17. The summed E-state index contributed by atoms with van der Waals surface area (Å²) in [4.78, 5) is 11.0. The number of hydrogen-bond acceptors (Lipinski definition) is 3. The van der Waals surface area contributed by atoms with E-state index in [0.717, 1.165) is 13.0 Å². The van der Waals surface area contributed by atoms with Crippen LogP contribution in [-0.2, 0) is 4.79 Å². The van der Waals surface area contributed by atoms with E-state index in [1.54, 1.807) is 12.1 Å². The van der Waals surface area contributed by atoms with Crippen molar-refractivity contribution in [1.82, 2.24) is 5.32 Å². The summed E-state index contributed by atoms with van der Waals surface area (Å²) in [7, 11) is 0. The normalized spacial score (nSPS) is 13.7. The number of nitrogens with one attached hydrogen (secondary N) is 1. The minimum absolute atomic E-state index is 0.0927. The van der Waals surface area contributed by atoms with Crippen molar-refractivity contribution < 1.29 is 19.0 Å². The van der Waals surface area contributed by atoms with E-state index in [-0.39, 0.29) is 17.6 Å². The van der Waals surface area contributed by atoms with Gasteiger partial charge in [-0.3, -0.25) is 0 Å². The Balaban J connectivity index is 2.79. The summed E-state index contributed by atoms with van der Waals surface area (Å²) in [6.45, 7) is 6.64. The average Bonchev–Trinajstić information content (AvgIpc) is 2.44. The van der Waals surface area contributed by atoms with Gasteiger partial charge >= 0.3 is 5.97 Å². The predicted molar refractivity (Wildman–Crippen MR) is 80.1 cm³/mol. The van der Waals surface area contributed by atoms with E-state index >= 15 is 0 Å². The van der Waals surface area contributed by atoms with Crippen molar-refractivity contribution in [3.05, 3.63) is 29.6 Å². The Morgan fingerprint density at radius 2 is 2.10 bits per heavy atom. The molecule has 2 atom stereocenters. The van der Waals surface area contributed by atoms with Gasteiger partial charge < -0.3 is 15.2 Å². The van der Waals surface area contributed by atoms with Gasteiger partial charge in [-0.2, -0.15) is 0 Å². The maximum atomic E-state index is 14.1. The number of carbonyl (C=O) groups is 1. The van der Waals surface area contributed by atoms with E-state index in [1.165, 1.54) is 6.07 Å². The molecule has 0 aliphatic rings. The molecule has 0 aliphatic heterocycles. The molecule has 0 bridgehead atoms. The largest absolute Gasteiger partial charge is 0.479 e. The molecule has 118 valence electrons. The van der Waals surface area contributed by atoms with Crippen molar-refractivity contribution >= 4 is 5.97 Å². The summed E-state index contributed by atoms with van der Waals surface area (Å²) in [6, 6.07) is 4.42. The lowest BCUT2D eigenvalue weighted by atomic mass is 10.1. The first-order chi connectivity index (χ1) is 9.99. The zero-order chi connectivity index (χ0) is 15.8. The van der Waals surface area contributed by atoms with Crippen molar-refractivity contribution in [3.8, 4) is 5.75 Å². The van der Waals surface area contributed by atoms with Gasteiger partial charge in [-0.25, -0.2) is 9.18 Å². The van der Waals surface area contributed by atoms with Crippen LogP contribution in [0.1, 0.15) is 51.6 Å². The van der Waals surface area contributed by atoms with Crippen LogP contribution in [0, 0.1) is 5.82 Å². The molecule has 0 spiro atoms. The van der Waals surface area contributed by atoms with Crippen LogP contribution in [-0.4, -0.2) is 23.7 Å². The summed E-state index contributed by atoms with van der Waals surface area (Å²) >= 11 is 0. The van der Waals surface area contributed by atoms with Crippen LogP contribution < -0.4 is 10.1 Å². The molecule has 0 saturated heterocycles. The van der Waals surface area contributed by atoms with Gasteiger partial charge in [0.25, 0.3) is 0 Å². The first-order valence-corrected chi connectivity index (χ1v) is 7.41. The molecule has 0 radical (unpaired) electrons. The van der Waals surface area contributed by atoms with Crippen molar-refractivity contribution in [1.29, 1.82) is 0 Å². The number of rotatable bonds is 9. The summed E-state index contributed by atoms with van der Waals surface area (Å²) in [5.74, 6) is -1.16. The SMILES string of the molecule is CCCNC(C)c1ccc(OC(CCC)C(=O)O)cc1F. The number of benzene rings is 1. The quantitative estimate of drug-likeness (QED) is 0.732. The molecule has 4 nitrogen and oxygen atoms in total. The van der Waals surface area contributed by atoms with E-state index in [2.05, 4.69) is 5.32 Å². The molecule has 0 aromatic heterocycles. The standard InChI is InChI=1S/C16H24FNO3/c1-4-6-15(16(19)20)21-12-7-8-13(14(17)10-12)11(3)18-9-5-2/h7-8,10-11,15,18H,4-6,9H2,1-3H3,(H,19,20). The average molecular weight is 297 g/mol. The van der Waals surface area contributed by atoms with E-state index < -0.39 is 12.1 Å². The van der Waals surface area contributed by atoms with Crippen LogP contribution in [0.25, 0.3) is 0 Å². The van der Waals surface area contributed by atoms with Gasteiger partial charge in [0.1, 0.15) is 11.6 Å². The molecule has 0 saturated carbocycles. The fraction of sp³-hybridized carbons (Fsp3) is 0.562. The van der Waals surface area contributed by atoms with Crippen LogP contribution in [0.2, 0.25) is 0 Å². The van der Waals surface area contributed by atoms with Gasteiger partial charge in [-0.15, -0.1) is 0 Å². The van der Waals surface area contributed by atoms with Crippen LogP contribution in [0.4, 0.5) is 4.39 Å². The second-order valence-corrected chi connectivity index (χ2v) is 5.09. The molecule has 0 heterocycles. The Morgan fingerprint density at radius 3 is 2.62 bits per heavy atom. The Hall–Kier alpha value is -1.62. The molecule has 1 aromatic carbocycles. The molecule has 2 N–H and O–H groups in total. The number of carboxylic acid groups (broad SMARTS) is 1. The number of carboxylic acids is 1. The molecule has 2 unspecified atom stereocenters. The van der Waals surface area contributed by atoms with E-state index in [9.17, 15) is 9.18 Å². The molecule has 21 heavy (non-hydrogen) atoms. The predicted octanol–water partition coefficient (Wildman–Crippen LogP) is 3.52. The highest BCUT2D eigenvalue weighted by Gasteiger charge is 2.19. The van der Waals surface area contributed by atoms with Gasteiger partial charge in [0.15, 0.2) is 6.10 Å². The van der Waals surface area contributed by atoms with Gasteiger partial charge in [0.2, 0.25) is 0 Å². The van der Waals surface area contributed by atoms with Gasteiger partial charge in [-0.1, -0.05) is 26.3 Å². The zero-order valence-corrected chi connectivity index (χ0v) is 12.9. The van der Waals surface area contributed by atoms with Crippen molar-refractivity contribution in [3.63, 3.8) is 0 Å². The Morgan fingerprint density at radius 1 is 1.38 bits per heavy atom. The molecule has 0 fully saturated rings. The third-order valence-electron chi connectivity index (χ3n) is 3.24. The number of halogens is 1. The minimum Gasteiger partial charge on any atom is -0.479 e. The van der Waals surface area contributed by atoms with Crippen LogP contribution in [0.5, 0.6) is 5.75 Å². The van der Waals surface area contributed by atoms with E-state index in [0.29, 0.717) is 18.4 Å². The van der Waals surface area contributed by atoms with Crippen LogP contribution in [0.15, 0.2) is 18.2 Å². The van der Waals surface area contributed by atoms with E-state index in [4.69, 9.17) is 9.84 Å². The summed E-state index contributed by atoms with van der Waals surface area (Å²) in [6.07, 6.45) is 1.13. The Bertz CT molecular complexity index is 465. The topological polar surface area (TPSA) is 58.6 Å².